The molecule has 0 aliphatic rings. The average Bonchev–Trinajstić information content (AvgIpc) is 2.89. The summed E-state index contributed by atoms with van der Waals surface area (Å²) in [5.41, 5.74) is 3.21. The van der Waals surface area contributed by atoms with Crippen LogP contribution in [0.1, 0.15) is 11.1 Å². The Morgan fingerprint density at radius 2 is 1.81 bits per heavy atom. The average molecular weight is 347 g/mol. The zero-order chi connectivity index (χ0) is 14.8. The van der Waals surface area contributed by atoms with Gasteiger partial charge in [0.15, 0.2) is 0 Å². The number of rotatable bonds is 4. The summed E-state index contributed by atoms with van der Waals surface area (Å²) in [6.45, 7) is 0. The maximum Gasteiger partial charge on any atom is 0.137 e. The Kier molecular flexibility index (Phi) is 3.84. The zero-order valence-corrected chi connectivity index (χ0v) is 13.4. The predicted octanol–water partition coefficient (Wildman–Crippen LogP) is 3.93. The van der Waals surface area contributed by atoms with Gasteiger partial charge in [-0.2, -0.15) is 0 Å². The molecule has 1 N–H and O–H groups in total. The molecule has 2 aromatic heterocycles. The first-order valence-corrected chi connectivity index (χ1v) is 7.32. The van der Waals surface area contributed by atoms with Gasteiger partial charge in [0.1, 0.15) is 17.1 Å². The van der Waals surface area contributed by atoms with Gasteiger partial charge in [-0.3, -0.25) is 0 Å². The van der Waals surface area contributed by atoms with E-state index < -0.39 is 0 Å². The summed E-state index contributed by atoms with van der Waals surface area (Å²) in [4.78, 5) is 7.56. The van der Waals surface area contributed by atoms with Crippen LogP contribution < -0.4 is 9.47 Å². The van der Waals surface area contributed by atoms with E-state index >= 15 is 0 Å². The second kappa shape index (κ2) is 5.77. The zero-order valence-electron chi connectivity index (χ0n) is 11.8. The van der Waals surface area contributed by atoms with E-state index in [1.165, 1.54) is 5.56 Å². The maximum atomic E-state index is 5.32. The van der Waals surface area contributed by atoms with E-state index in [9.17, 15) is 0 Å². The van der Waals surface area contributed by atoms with Gasteiger partial charge >= 0.3 is 0 Å². The number of hydrogen-bond acceptors (Lipinski definition) is 3. The molecule has 4 nitrogen and oxygen atoms in total. The molecule has 5 heteroatoms. The first-order valence-electron chi connectivity index (χ1n) is 6.53. The molecule has 21 heavy (non-hydrogen) atoms. The van der Waals surface area contributed by atoms with Gasteiger partial charge in [-0.05, 0) is 51.7 Å². The Labute approximate surface area is 131 Å². The normalized spacial score (nSPS) is 10.8. The highest BCUT2D eigenvalue weighted by Crippen LogP contribution is 2.27. The Hall–Kier alpha value is -2.01. The Balaban J connectivity index is 2.00. The second-order valence-electron chi connectivity index (χ2n) is 4.76. The summed E-state index contributed by atoms with van der Waals surface area (Å²) >= 11 is 3.47. The van der Waals surface area contributed by atoms with E-state index in [1.54, 1.807) is 20.4 Å². The minimum atomic E-state index is 0.783. The SMILES string of the molecule is COc1cc(Cc2c[nH]c3ncc(Br)cc23)cc(OC)c1. The second-order valence-corrected chi connectivity index (χ2v) is 5.68. The third-order valence-electron chi connectivity index (χ3n) is 3.39. The van der Waals surface area contributed by atoms with E-state index in [-0.39, 0.29) is 0 Å². The summed E-state index contributed by atoms with van der Waals surface area (Å²) < 4.78 is 11.6. The van der Waals surface area contributed by atoms with Crippen LogP contribution in [-0.4, -0.2) is 24.2 Å². The molecule has 0 unspecified atom stereocenters. The molecule has 0 saturated heterocycles. The lowest BCUT2D eigenvalue weighted by Crippen LogP contribution is -1.92. The van der Waals surface area contributed by atoms with Crippen LogP contribution in [0.2, 0.25) is 0 Å². The van der Waals surface area contributed by atoms with E-state index in [4.69, 9.17) is 9.47 Å². The molecule has 108 valence electrons. The van der Waals surface area contributed by atoms with Crippen molar-refractivity contribution in [2.24, 2.45) is 0 Å². The molecule has 1 aromatic carbocycles. The van der Waals surface area contributed by atoms with Crippen molar-refractivity contribution in [1.29, 1.82) is 0 Å². The number of fused-ring (bicyclic) bond motifs is 1. The van der Waals surface area contributed by atoms with Crippen LogP contribution in [0.15, 0.2) is 41.1 Å². The number of hydrogen-bond donors (Lipinski definition) is 1. The molecule has 0 atom stereocenters. The van der Waals surface area contributed by atoms with E-state index in [1.807, 2.05) is 24.4 Å². The maximum absolute atomic E-state index is 5.32. The van der Waals surface area contributed by atoms with Crippen molar-refractivity contribution in [3.05, 3.63) is 52.3 Å². The lowest BCUT2D eigenvalue weighted by atomic mass is 10.0. The van der Waals surface area contributed by atoms with Crippen LogP contribution in [0.3, 0.4) is 0 Å². The molecule has 0 amide bonds. The molecular formula is C16H15BrN2O2. The lowest BCUT2D eigenvalue weighted by Gasteiger charge is -2.08. The van der Waals surface area contributed by atoms with Crippen molar-refractivity contribution >= 4 is 27.0 Å². The third-order valence-corrected chi connectivity index (χ3v) is 3.82. The lowest BCUT2D eigenvalue weighted by molar-refractivity contribution is 0.393. The summed E-state index contributed by atoms with van der Waals surface area (Å²) in [6, 6.07) is 7.99. The Morgan fingerprint density at radius 1 is 1.10 bits per heavy atom. The Bertz CT molecular complexity index is 761. The largest absolute Gasteiger partial charge is 0.497 e. The van der Waals surface area contributed by atoms with Crippen LogP contribution in [0, 0.1) is 0 Å². The number of pyridine rings is 1. The third kappa shape index (κ3) is 2.88. The predicted molar refractivity (Wildman–Crippen MR) is 86.1 cm³/mol. The van der Waals surface area contributed by atoms with Crippen LogP contribution in [0.25, 0.3) is 11.0 Å². The van der Waals surface area contributed by atoms with Gasteiger partial charge in [-0.15, -0.1) is 0 Å². The van der Waals surface area contributed by atoms with Crippen molar-refractivity contribution in [3.63, 3.8) is 0 Å². The molecule has 0 bridgehead atoms. The summed E-state index contributed by atoms with van der Waals surface area (Å²) in [5, 5.41) is 1.12. The van der Waals surface area contributed by atoms with Gasteiger partial charge in [0, 0.05) is 28.3 Å². The minimum absolute atomic E-state index is 0.783. The first-order chi connectivity index (χ1) is 10.2. The van der Waals surface area contributed by atoms with E-state index in [0.29, 0.717) is 0 Å². The van der Waals surface area contributed by atoms with Crippen molar-refractivity contribution in [1.82, 2.24) is 9.97 Å². The van der Waals surface area contributed by atoms with Crippen LogP contribution in [0.5, 0.6) is 11.5 Å². The quantitative estimate of drug-likeness (QED) is 0.778. The van der Waals surface area contributed by atoms with Gasteiger partial charge in [0.05, 0.1) is 14.2 Å². The number of nitrogens with zero attached hydrogens (tertiary/aromatic N) is 1. The highest BCUT2D eigenvalue weighted by atomic mass is 79.9. The van der Waals surface area contributed by atoms with E-state index in [2.05, 4.69) is 32.0 Å². The first kappa shape index (κ1) is 13.9. The fourth-order valence-corrected chi connectivity index (χ4v) is 2.70. The van der Waals surface area contributed by atoms with Crippen LogP contribution in [0.4, 0.5) is 0 Å². The van der Waals surface area contributed by atoms with Crippen LogP contribution >= 0.6 is 15.9 Å². The molecule has 0 aliphatic heterocycles. The number of aromatic amines is 1. The smallest absolute Gasteiger partial charge is 0.137 e. The summed E-state index contributed by atoms with van der Waals surface area (Å²) in [7, 11) is 3.32. The van der Waals surface area contributed by atoms with Crippen molar-refractivity contribution in [2.45, 2.75) is 6.42 Å². The molecule has 0 spiro atoms. The highest BCUT2D eigenvalue weighted by molar-refractivity contribution is 9.10. The molecule has 3 rings (SSSR count). The summed E-state index contributed by atoms with van der Waals surface area (Å²) in [6.07, 6.45) is 4.57. The van der Waals surface area contributed by atoms with Gasteiger partial charge in [-0.25, -0.2) is 4.98 Å². The fraction of sp³-hybridized carbons (Fsp3) is 0.188. The van der Waals surface area contributed by atoms with Crippen molar-refractivity contribution < 1.29 is 9.47 Å². The van der Waals surface area contributed by atoms with Crippen molar-refractivity contribution in [3.8, 4) is 11.5 Å². The van der Waals surface area contributed by atoms with Gasteiger partial charge in [0.25, 0.3) is 0 Å². The number of H-pyrrole nitrogens is 1. The van der Waals surface area contributed by atoms with Crippen LogP contribution in [-0.2, 0) is 6.42 Å². The molecule has 3 aromatic rings. The molecular weight excluding hydrogens is 332 g/mol. The van der Waals surface area contributed by atoms with Gasteiger partial charge in [-0.1, -0.05) is 0 Å². The molecule has 0 radical (unpaired) electrons. The number of benzene rings is 1. The minimum Gasteiger partial charge on any atom is -0.497 e. The van der Waals surface area contributed by atoms with Gasteiger partial charge in [0.2, 0.25) is 0 Å². The summed E-state index contributed by atoms with van der Waals surface area (Å²) in [5.74, 6) is 1.59. The number of nitrogens with one attached hydrogen (secondary N) is 1. The number of ether oxygens (including phenoxy) is 2. The topological polar surface area (TPSA) is 47.1 Å². The molecule has 0 aliphatic carbocycles. The van der Waals surface area contributed by atoms with Gasteiger partial charge < -0.3 is 14.5 Å². The molecule has 2 heterocycles. The van der Waals surface area contributed by atoms with Crippen molar-refractivity contribution in [2.75, 3.05) is 14.2 Å². The van der Waals surface area contributed by atoms with E-state index in [0.717, 1.165) is 39.0 Å². The Morgan fingerprint density at radius 3 is 2.48 bits per heavy atom. The fourth-order valence-electron chi connectivity index (χ4n) is 2.37. The molecule has 0 saturated carbocycles. The highest BCUT2D eigenvalue weighted by Gasteiger charge is 2.08. The standard InChI is InChI=1S/C16H15BrN2O2/c1-20-13-4-10(5-14(7-13)21-2)3-11-8-18-16-15(11)6-12(17)9-19-16/h4-9H,3H2,1-2H3,(H,18,19). The number of methoxy groups -OCH3 is 2. The molecule has 0 fully saturated rings. The monoisotopic (exact) mass is 346 g/mol. The number of aromatic nitrogens is 2. The number of halogens is 1.